The van der Waals surface area contributed by atoms with Crippen molar-refractivity contribution in [2.75, 3.05) is 6.61 Å². The van der Waals surface area contributed by atoms with Gasteiger partial charge in [0.2, 0.25) is 5.91 Å². The van der Waals surface area contributed by atoms with Gasteiger partial charge in [0.05, 0.1) is 12.6 Å². The predicted molar refractivity (Wildman–Crippen MR) is 92.7 cm³/mol. The number of carbonyl (C=O) groups is 1. The lowest BCUT2D eigenvalue weighted by atomic mass is 10.0. The number of halogens is 1. The number of amides is 1. The highest BCUT2D eigenvalue weighted by Crippen LogP contribution is 2.28. The van der Waals surface area contributed by atoms with E-state index in [4.69, 9.17) is 16.3 Å². The molecule has 1 heterocycles. The summed E-state index contributed by atoms with van der Waals surface area (Å²) in [6.45, 7) is 2.71. The monoisotopic (exact) mass is 327 g/mol. The van der Waals surface area contributed by atoms with Crippen LogP contribution in [0.1, 0.15) is 29.7 Å². The first-order valence-corrected chi connectivity index (χ1v) is 8.00. The summed E-state index contributed by atoms with van der Waals surface area (Å²) in [5.74, 6) is 0.806. The first-order valence-electron chi connectivity index (χ1n) is 7.62. The maximum absolute atomic E-state index is 12.1. The van der Waals surface area contributed by atoms with Crippen LogP contribution in [-0.2, 0) is 11.2 Å². The molecule has 0 spiro atoms. The molecule has 1 atom stereocenters. The zero-order valence-electron chi connectivity index (χ0n) is 12.9. The van der Waals surface area contributed by atoms with Crippen molar-refractivity contribution in [2.24, 2.45) is 0 Å². The van der Waals surface area contributed by atoms with E-state index in [9.17, 15) is 4.79 Å². The zero-order chi connectivity index (χ0) is 16.2. The van der Waals surface area contributed by atoms with Gasteiger partial charge in [-0.1, -0.05) is 35.9 Å². The van der Waals surface area contributed by atoms with Crippen LogP contribution >= 0.6 is 11.6 Å². The maximum Gasteiger partial charge on any atom is 0.244 e. The molecule has 0 radical (unpaired) electrons. The van der Waals surface area contributed by atoms with Gasteiger partial charge in [-0.05, 0) is 47.9 Å². The third-order valence-electron chi connectivity index (χ3n) is 3.89. The molecule has 3 rings (SSSR count). The van der Waals surface area contributed by atoms with Crippen molar-refractivity contribution in [3.63, 3.8) is 0 Å². The normalized spacial score (nSPS) is 14.3. The Bertz CT molecular complexity index is 755. The van der Waals surface area contributed by atoms with Gasteiger partial charge in [-0.15, -0.1) is 0 Å². The Balaban J connectivity index is 1.64. The number of ether oxygens (including phenoxy) is 1. The van der Waals surface area contributed by atoms with Crippen LogP contribution in [0.2, 0.25) is 5.02 Å². The molecule has 0 saturated heterocycles. The third kappa shape index (κ3) is 3.74. The van der Waals surface area contributed by atoms with E-state index < -0.39 is 0 Å². The SMILES string of the molecule is CC(NC(=O)C=Cc1ccccc1Cl)c1ccc2c(c1)CCO2. The zero-order valence-corrected chi connectivity index (χ0v) is 13.6. The minimum Gasteiger partial charge on any atom is -0.493 e. The average Bonchev–Trinajstić information content (AvgIpc) is 3.01. The Kier molecular flexibility index (Phi) is 4.68. The van der Waals surface area contributed by atoms with Crippen molar-refractivity contribution in [2.45, 2.75) is 19.4 Å². The lowest BCUT2D eigenvalue weighted by Gasteiger charge is -2.14. The number of carbonyl (C=O) groups excluding carboxylic acids is 1. The molecule has 2 aromatic carbocycles. The number of benzene rings is 2. The quantitative estimate of drug-likeness (QED) is 0.856. The van der Waals surface area contributed by atoms with Crippen LogP contribution in [0.4, 0.5) is 0 Å². The van der Waals surface area contributed by atoms with Gasteiger partial charge in [-0.3, -0.25) is 4.79 Å². The molecule has 1 unspecified atom stereocenters. The molecule has 3 nitrogen and oxygen atoms in total. The van der Waals surface area contributed by atoms with E-state index in [1.165, 1.54) is 11.6 Å². The fraction of sp³-hybridized carbons (Fsp3) is 0.211. The molecule has 0 bridgehead atoms. The van der Waals surface area contributed by atoms with Gasteiger partial charge in [0, 0.05) is 17.5 Å². The van der Waals surface area contributed by atoms with Crippen molar-refractivity contribution >= 4 is 23.6 Å². The Hall–Kier alpha value is -2.26. The summed E-state index contributed by atoms with van der Waals surface area (Å²) in [5.41, 5.74) is 3.11. The molecule has 118 valence electrons. The number of fused-ring (bicyclic) bond motifs is 1. The van der Waals surface area contributed by atoms with E-state index in [0.29, 0.717) is 5.02 Å². The van der Waals surface area contributed by atoms with Crippen molar-refractivity contribution in [1.29, 1.82) is 0 Å². The second kappa shape index (κ2) is 6.88. The molecular weight excluding hydrogens is 310 g/mol. The van der Waals surface area contributed by atoms with Crippen LogP contribution in [0.5, 0.6) is 5.75 Å². The van der Waals surface area contributed by atoms with Crippen LogP contribution in [-0.4, -0.2) is 12.5 Å². The molecule has 23 heavy (non-hydrogen) atoms. The number of hydrogen-bond donors (Lipinski definition) is 1. The molecule has 2 aromatic rings. The van der Waals surface area contributed by atoms with Crippen LogP contribution in [0.15, 0.2) is 48.5 Å². The smallest absolute Gasteiger partial charge is 0.244 e. The number of hydrogen-bond acceptors (Lipinski definition) is 2. The molecule has 0 fully saturated rings. The predicted octanol–water partition coefficient (Wildman–Crippen LogP) is 4.17. The molecule has 1 aliphatic rings. The Morgan fingerprint density at radius 1 is 1.30 bits per heavy atom. The van der Waals surface area contributed by atoms with Gasteiger partial charge < -0.3 is 10.1 Å². The van der Waals surface area contributed by atoms with E-state index in [2.05, 4.69) is 11.4 Å². The molecule has 1 amide bonds. The Morgan fingerprint density at radius 3 is 2.96 bits per heavy atom. The Morgan fingerprint density at radius 2 is 2.13 bits per heavy atom. The van der Waals surface area contributed by atoms with Crippen LogP contribution in [0.3, 0.4) is 0 Å². The second-order valence-corrected chi connectivity index (χ2v) is 5.96. The summed E-state index contributed by atoms with van der Waals surface area (Å²) in [4.78, 5) is 12.1. The summed E-state index contributed by atoms with van der Waals surface area (Å²) in [5, 5.41) is 3.60. The number of rotatable bonds is 4. The standard InChI is InChI=1S/C19H18ClNO2/c1-13(15-6-8-18-16(12-15)10-11-23-18)21-19(22)9-7-14-4-2-3-5-17(14)20/h2-9,12-13H,10-11H2,1H3,(H,21,22). The van der Waals surface area contributed by atoms with Crippen LogP contribution < -0.4 is 10.1 Å². The van der Waals surface area contributed by atoms with Crippen molar-refractivity contribution in [3.05, 3.63) is 70.3 Å². The van der Waals surface area contributed by atoms with Gasteiger partial charge in [-0.25, -0.2) is 0 Å². The minimum absolute atomic E-state index is 0.0655. The van der Waals surface area contributed by atoms with Crippen LogP contribution in [0, 0.1) is 0 Å². The van der Waals surface area contributed by atoms with Crippen molar-refractivity contribution < 1.29 is 9.53 Å². The molecule has 0 aromatic heterocycles. The minimum atomic E-state index is -0.144. The molecular formula is C19H18ClNO2. The maximum atomic E-state index is 12.1. The van der Waals surface area contributed by atoms with E-state index in [0.717, 1.165) is 29.9 Å². The summed E-state index contributed by atoms with van der Waals surface area (Å²) >= 11 is 6.07. The first kappa shape index (κ1) is 15.6. The highest BCUT2D eigenvalue weighted by atomic mass is 35.5. The second-order valence-electron chi connectivity index (χ2n) is 5.55. The Labute approximate surface area is 140 Å². The number of nitrogens with one attached hydrogen (secondary N) is 1. The van der Waals surface area contributed by atoms with E-state index in [-0.39, 0.29) is 11.9 Å². The van der Waals surface area contributed by atoms with E-state index in [1.807, 2.05) is 37.3 Å². The fourth-order valence-corrected chi connectivity index (χ4v) is 2.80. The summed E-state index contributed by atoms with van der Waals surface area (Å²) in [6, 6.07) is 13.4. The van der Waals surface area contributed by atoms with Gasteiger partial charge in [-0.2, -0.15) is 0 Å². The van der Waals surface area contributed by atoms with E-state index >= 15 is 0 Å². The van der Waals surface area contributed by atoms with Crippen molar-refractivity contribution in [1.82, 2.24) is 5.32 Å². The summed E-state index contributed by atoms with van der Waals surface area (Å²) in [6.07, 6.45) is 4.16. The van der Waals surface area contributed by atoms with Gasteiger partial charge >= 0.3 is 0 Å². The molecule has 1 N–H and O–H groups in total. The van der Waals surface area contributed by atoms with Gasteiger partial charge in [0.25, 0.3) is 0 Å². The fourth-order valence-electron chi connectivity index (χ4n) is 2.60. The lowest BCUT2D eigenvalue weighted by Crippen LogP contribution is -2.24. The molecule has 4 heteroatoms. The van der Waals surface area contributed by atoms with Gasteiger partial charge in [0.15, 0.2) is 0 Å². The largest absolute Gasteiger partial charge is 0.493 e. The van der Waals surface area contributed by atoms with Crippen molar-refractivity contribution in [3.8, 4) is 5.75 Å². The first-order chi connectivity index (χ1) is 11.1. The van der Waals surface area contributed by atoms with Gasteiger partial charge in [0.1, 0.15) is 5.75 Å². The molecule has 1 aliphatic heterocycles. The van der Waals surface area contributed by atoms with E-state index in [1.54, 1.807) is 12.1 Å². The molecule has 0 saturated carbocycles. The summed E-state index contributed by atoms with van der Waals surface area (Å²) < 4.78 is 5.50. The van der Waals surface area contributed by atoms with Crippen LogP contribution in [0.25, 0.3) is 6.08 Å². The highest BCUT2D eigenvalue weighted by molar-refractivity contribution is 6.32. The lowest BCUT2D eigenvalue weighted by molar-refractivity contribution is -0.117. The highest BCUT2D eigenvalue weighted by Gasteiger charge is 2.15. The topological polar surface area (TPSA) is 38.3 Å². The average molecular weight is 328 g/mol. The molecule has 0 aliphatic carbocycles. The third-order valence-corrected chi connectivity index (χ3v) is 4.24. The summed E-state index contributed by atoms with van der Waals surface area (Å²) in [7, 11) is 0.